The van der Waals surface area contributed by atoms with Crippen molar-refractivity contribution < 1.29 is 9.59 Å². The average molecular weight is 369 g/mol. The van der Waals surface area contributed by atoms with Crippen molar-refractivity contribution in [3.63, 3.8) is 0 Å². The van der Waals surface area contributed by atoms with E-state index in [2.05, 4.69) is 25.8 Å². The zero-order valence-corrected chi connectivity index (χ0v) is 15.8. The number of hydrogen-bond acceptors (Lipinski definition) is 3. The third kappa shape index (κ3) is 3.50. The number of aliphatic imine (C=N–C) groups is 1. The van der Waals surface area contributed by atoms with Crippen molar-refractivity contribution >= 4 is 23.5 Å². The molecule has 3 aliphatic rings. The van der Waals surface area contributed by atoms with Crippen LogP contribution in [0.2, 0.25) is 0 Å². The van der Waals surface area contributed by atoms with E-state index in [1.54, 1.807) is 7.05 Å². The molecule has 1 spiro atoms. The topological polar surface area (TPSA) is 85.8 Å². The number of amides is 2. The van der Waals surface area contributed by atoms with Crippen LogP contribution in [0.3, 0.4) is 0 Å². The molecule has 4 rings (SSSR count). The smallest absolute Gasteiger partial charge is 0.232 e. The lowest BCUT2D eigenvalue weighted by Crippen LogP contribution is -2.51. The molecule has 3 N–H and O–H groups in total. The lowest BCUT2D eigenvalue weighted by Gasteiger charge is -2.40. The van der Waals surface area contributed by atoms with Crippen molar-refractivity contribution in [1.82, 2.24) is 15.5 Å². The van der Waals surface area contributed by atoms with Crippen LogP contribution in [0.15, 0.2) is 29.3 Å². The lowest BCUT2D eigenvalue weighted by molar-refractivity contribution is -0.120. The van der Waals surface area contributed by atoms with Crippen LogP contribution in [0.4, 0.5) is 5.69 Å². The number of nitrogens with zero attached hydrogens (tertiary/aromatic N) is 2. The maximum atomic E-state index is 12.3. The number of anilines is 1. The first kappa shape index (κ1) is 17.8. The molecule has 3 heterocycles. The van der Waals surface area contributed by atoms with Crippen molar-refractivity contribution in [3.8, 4) is 0 Å². The summed E-state index contributed by atoms with van der Waals surface area (Å²) in [6, 6.07) is 7.88. The van der Waals surface area contributed by atoms with Gasteiger partial charge in [0.05, 0.1) is 5.92 Å². The highest BCUT2D eigenvalue weighted by Crippen LogP contribution is 2.36. The van der Waals surface area contributed by atoms with Crippen LogP contribution in [0, 0.1) is 5.41 Å². The van der Waals surface area contributed by atoms with Gasteiger partial charge in [0.1, 0.15) is 0 Å². The minimum absolute atomic E-state index is 0.0389. The molecule has 0 saturated carbocycles. The Bertz CT molecular complexity index is 777. The molecule has 0 aromatic heterocycles. The number of hydrogen-bond donors (Lipinski definition) is 3. The van der Waals surface area contributed by atoms with Gasteiger partial charge in [0.25, 0.3) is 0 Å². The standard InChI is InChI=1S/C20H27N5O2/c1-21-19(25-10-4-8-20(13-25)11-17(26)23-12-20)22-9-7-15-14-5-2-3-6-16(14)24-18(15)27/h2-3,5-6,15H,4,7-13H2,1H3,(H,21,22)(H,23,26)(H,24,27). The molecule has 2 saturated heterocycles. The normalized spacial score (nSPS) is 27.5. The Morgan fingerprint density at radius 2 is 2.22 bits per heavy atom. The highest BCUT2D eigenvalue weighted by atomic mass is 16.2. The van der Waals surface area contributed by atoms with Crippen LogP contribution in [-0.2, 0) is 9.59 Å². The second-order valence-electron chi connectivity index (χ2n) is 7.87. The van der Waals surface area contributed by atoms with E-state index < -0.39 is 0 Å². The van der Waals surface area contributed by atoms with Crippen molar-refractivity contribution in [3.05, 3.63) is 29.8 Å². The van der Waals surface area contributed by atoms with Crippen LogP contribution >= 0.6 is 0 Å². The first-order valence-corrected chi connectivity index (χ1v) is 9.72. The van der Waals surface area contributed by atoms with Gasteiger partial charge < -0.3 is 20.9 Å². The first-order valence-electron chi connectivity index (χ1n) is 9.72. The van der Waals surface area contributed by atoms with E-state index in [9.17, 15) is 9.59 Å². The summed E-state index contributed by atoms with van der Waals surface area (Å²) in [4.78, 5) is 30.7. The van der Waals surface area contributed by atoms with E-state index in [0.717, 1.165) is 56.1 Å². The average Bonchev–Trinajstić information content (AvgIpc) is 3.18. The minimum Gasteiger partial charge on any atom is -0.356 e. The Labute approximate surface area is 159 Å². The van der Waals surface area contributed by atoms with E-state index in [0.29, 0.717) is 13.0 Å². The summed E-state index contributed by atoms with van der Waals surface area (Å²) in [6.07, 6.45) is 3.48. The van der Waals surface area contributed by atoms with E-state index in [1.807, 2.05) is 24.3 Å². The van der Waals surface area contributed by atoms with Gasteiger partial charge in [-0.25, -0.2) is 0 Å². The molecular formula is C20H27N5O2. The van der Waals surface area contributed by atoms with Crippen LogP contribution in [0.1, 0.15) is 37.2 Å². The molecule has 2 atom stereocenters. The van der Waals surface area contributed by atoms with Crippen LogP contribution < -0.4 is 16.0 Å². The van der Waals surface area contributed by atoms with Crippen LogP contribution in [0.25, 0.3) is 0 Å². The summed E-state index contributed by atoms with van der Waals surface area (Å²) in [6.45, 7) is 3.23. The summed E-state index contributed by atoms with van der Waals surface area (Å²) in [7, 11) is 1.79. The number of rotatable bonds is 3. The number of nitrogens with one attached hydrogen (secondary N) is 3. The third-order valence-electron chi connectivity index (χ3n) is 6.00. The monoisotopic (exact) mass is 369 g/mol. The van der Waals surface area contributed by atoms with E-state index in [1.165, 1.54) is 0 Å². The molecule has 27 heavy (non-hydrogen) atoms. The molecule has 1 aromatic rings. The molecular weight excluding hydrogens is 342 g/mol. The Hall–Kier alpha value is -2.57. The molecule has 2 fully saturated rings. The van der Waals surface area contributed by atoms with Crippen molar-refractivity contribution in [1.29, 1.82) is 0 Å². The van der Waals surface area contributed by atoms with Gasteiger partial charge in [-0.15, -0.1) is 0 Å². The highest BCUT2D eigenvalue weighted by Gasteiger charge is 2.42. The predicted octanol–water partition coefficient (Wildman–Crippen LogP) is 1.29. The fraction of sp³-hybridized carbons (Fsp3) is 0.550. The predicted molar refractivity (Wildman–Crippen MR) is 105 cm³/mol. The molecule has 0 bridgehead atoms. The van der Waals surface area contributed by atoms with E-state index >= 15 is 0 Å². The molecule has 2 amide bonds. The zero-order chi connectivity index (χ0) is 18.9. The molecule has 0 aliphatic carbocycles. The summed E-state index contributed by atoms with van der Waals surface area (Å²) < 4.78 is 0. The van der Waals surface area contributed by atoms with Gasteiger partial charge in [-0.1, -0.05) is 18.2 Å². The zero-order valence-electron chi connectivity index (χ0n) is 15.8. The van der Waals surface area contributed by atoms with Crippen LogP contribution in [0.5, 0.6) is 0 Å². The molecule has 0 radical (unpaired) electrons. The van der Waals surface area contributed by atoms with Gasteiger partial charge in [-0.05, 0) is 30.9 Å². The molecule has 1 aromatic carbocycles. The number of piperidine rings is 1. The quantitative estimate of drug-likeness (QED) is 0.554. The third-order valence-corrected chi connectivity index (χ3v) is 6.00. The molecule has 144 valence electrons. The Balaban J connectivity index is 1.35. The SMILES string of the molecule is CN=C(NCCC1C(=O)Nc2ccccc21)N1CCCC2(CNC(=O)C2)C1. The first-order chi connectivity index (χ1) is 13.1. The largest absolute Gasteiger partial charge is 0.356 e. The number of likely N-dealkylation sites (tertiary alicyclic amines) is 1. The number of guanidine groups is 1. The number of para-hydroxylation sites is 1. The number of carbonyl (C=O) groups is 2. The molecule has 7 nitrogen and oxygen atoms in total. The maximum absolute atomic E-state index is 12.3. The fourth-order valence-electron chi connectivity index (χ4n) is 4.65. The van der Waals surface area contributed by atoms with Gasteiger partial charge in [0, 0.05) is 50.7 Å². The van der Waals surface area contributed by atoms with Gasteiger partial charge in [-0.2, -0.15) is 0 Å². The summed E-state index contributed by atoms with van der Waals surface area (Å²) in [5.74, 6) is 0.974. The summed E-state index contributed by atoms with van der Waals surface area (Å²) in [5, 5.41) is 9.36. The van der Waals surface area contributed by atoms with Gasteiger partial charge >= 0.3 is 0 Å². The van der Waals surface area contributed by atoms with Gasteiger partial charge in [0.15, 0.2) is 5.96 Å². The number of carbonyl (C=O) groups excluding carboxylic acids is 2. The highest BCUT2D eigenvalue weighted by molar-refractivity contribution is 6.02. The number of fused-ring (bicyclic) bond motifs is 1. The second kappa shape index (κ2) is 7.21. The molecule has 2 unspecified atom stereocenters. The van der Waals surface area contributed by atoms with Crippen LogP contribution in [-0.4, -0.2) is 55.9 Å². The molecule has 3 aliphatic heterocycles. The lowest BCUT2D eigenvalue weighted by atomic mass is 9.79. The minimum atomic E-state index is -0.115. The maximum Gasteiger partial charge on any atom is 0.232 e. The number of benzene rings is 1. The van der Waals surface area contributed by atoms with E-state index in [4.69, 9.17) is 0 Å². The van der Waals surface area contributed by atoms with Gasteiger partial charge in [-0.3, -0.25) is 14.6 Å². The van der Waals surface area contributed by atoms with Gasteiger partial charge in [0.2, 0.25) is 11.8 Å². The van der Waals surface area contributed by atoms with Crippen molar-refractivity contribution in [2.75, 3.05) is 38.5 Å². The van der Waals surface area contributed by atoms with E-state index in [-0.39, 0.29) is 23.1 Å². The van der Waals surface area contributed by atoms with Crippen molar-refractivity contribution in [2.24, 2.45) is 10.4 Å². The second-order valence-corrected chi connectivity index (χ2v) is 7.87. The molecule has 7 heteroatoms. The Morgan fingerprint density at radius 1 is 1.37 bits per heavy atom. The Kier molecular flexibility index (Phi) is 4.76. The summed E-state index contributed by atoms with van der Waals surface area (Å²) in [5.41, 5.74) is 2.04. The fourth-order valence-corrected chi connectivity index (χ4v) is 4.65. The Morgan fingerprint density at radius 3 is 3.00 bits per heavy atom. The van der Waals surface area contributed by atoms with Crippen molar-refractivity contribution in [2.45, 2.75) is 31.6 Å². The summed E-state index contributed by atoms with van der Waals surface area (Å²) >= 11 is 0.